The maximum Gasteiger partial charge on any atom is 0.191 e. The highest BCUT2D eigenvalue weighted by atomic mass is 15.2. The summed E-state index contributed by atoms with van der Waals surface area (Å²) in [6, 6.07) is 11.3. The van der Waals surface area contributed by atoms with Crippen molar-refractivity contribution in [1.82, 2.24) is 10.6 Å². The SMILES string of the molecule is CN=C(NCC1(c2ccccc2)CCC1)NC(C)C. The molecule has 0 atom stereocenters. The Labute approximate surface area is 116 Å². The normalized spacial score (nSPS) is 18.0. The Morgan fingerprint density at radius 2 is 1.95 bits per heavy atom. The number of hydrogen-bond acceptors (Lipinski definition) is 1. The van der Waals surface area contributed by atoms with Crippen LogP contribution >= 0.6 is 0 Å². The Hall–Kier alpha value is -1.51. The Morgan fingerprint density at radius 1 is 1.26 bits per heavy atom. The standard InChI is InChI=1S/C16H25N3/c1-13(2)19-15(17-3)18-12-16(10-7-11-16)14-8-5-4-6-9-14/h4-6,8-9,13H,7,10-12H2,1-3H3,(H2,17,18,19). The molecule has 1 aromatic rings. The van der Waals surface area contributed by atoms with E-state index < -0.39 is 0 Å². The monoisotopic (exact) mass is 259 g/mol. The molecular formula is C16H25N3. The van der Waals surface area contributed by atoms with Crippen LogP contribution < -0.4 is 10.6 Å². The first-order valence-electron chi connectivity index (χ1n) is 7.19. The third kappa shape index (κ3) is 3.28. The summed E-state index contributed by atoms with van der Waals surface area (Å²) in [4.78, 5) is 4.28. The van der Waals surface area contributed by atoms with E-state index in [4.69, 9.17) is 0 Å². The highest BCUT2D eigenvalue weighted by Gasteiger charge is 2.38. The molecule has 0 saturated heterocycles. The molecule has 1 saturated carbocycles. The van der Waals surface area contributed by atoms with Gasteiger partial charge in [-0.3, -0.25) is 4.99 Å². The van der Waals surface area contributed by atoms with Crippen molar-refractivity contribution in [2.24, 2.45) is 4.99 Å². The van der Waals surface area contributed by atoms with Crippen LogP contribution in [-0.2, 0) is 5.41 Å². The maximum absolute atomic E-state index is 4.28. The molecule has 2 rings (SSSR count). The van der Waals surface area contributed by atoms with Crippen LogP contribution in [0.15, 0.2) is 35.3 Å². The third-order valence-electron chi connectivity index (χ3n) is 3.94. The van der Waals surface area contributed by atoms with Gasteiger partial charge < -0.3 is 10.6 Å². The summed E-state index contributed by atoms with van der Waals surface area (Å²) in [6.07, 6.45) is 3.86. The fourth-order valence-electron chi connectivity index (χ4n) is 2.68. The van der Waals surface area contributed by atoms with Crippen molar-refractivity contribution < 1.29 is 0 Å². The maximum atomic E-state index is 4.28. The van der Waals surface area contributed by atoms with E-state index in [1.54, 1.807) is 0 Å². The zero-order valence-electron chi connectivity index (χ0n) is 12.2. The van der Waals surface area contributed by atoms with E-state index in [1.165, 1.54) is 24.8 Å². The van der Waals surface area contributed by atoms with Gasteiger partial charge in [-0.1, -0.05) is 36.8 Å². The molecule has 0 amide bonds. The molecule has 1 fully saturated rings. The summed E-state index contributed by atoms with van der Waals surface area (Å²) < 4.78 is 0. The molecule has 0 unspecified atom stereocenters. The molecular weight excluding hydrogens is 234 g/mol. The van der Waals surface area contributed by atoms with Crippen LogP contribution in [0, 0.1) is 0 Å². The zero-order chi connectivity index (χ0) is 13.7. The average Bonchev–Trinajstić information content (AvgIpc) is 2.37. The number of nitrogens with one attached hydrogen (secondary N) is 2. The third-order valence-corrected chi connectivity index (χ3v) is 3.94. The second kappa shape index (κ2) is 6.09. The number of guanidine groups is 1. The summed E-state index contributed by atoms with van der Waals surface area (Å²) in [5, 5.41) is 6.82. The molecule has 1 aliphatic carbocycles. The summed E-state index contributed by atoms with van der Waals surface area (Å²) in [6.45, 7) is 5.22. The lowest BCUT2D eigenvalue weighted by Gasteiger charge is -2.43. The van der Waals surface area contributed by atoms with Crippen LogP contribution in [0.4, 0.5) is 0 Å². The van der Waals surface area contributed by atoms with Crippen molar-refractivity contribution in [3.8, 4) is 0 Å². The smallest absolute Gasteiger partial charge is 0.191 e. The predicted molar refractivity (Wildman–Crippen MR) is 81.6 cm³/mol. The summed E-state index contributed by atoms with van der Waals surface area (Å²) >= 11 is 0. The van der Waals surface area contributed by atoms with Gasteiger partial charge in [-0.2, -0.15) is 0 Å². The van der Waals surface area contributed by atoms with Crippen LogP contribution in [0.2, 0.25) is 0 Å². The molecule has 19 heavy (non-hydrogen) atoms. The van der Waals surface area contributed by atoms with Crippen LogP contribution in [0.1, 0.15) is 38.7 Å². The molecule has 0 spiro atoms. The molecule has 3 nitrogen and oxygen atoms in total. The second-order valence-corrected chi connectivity index (χ2v) is 5.72. The number of benzene rings is 1. The van der Waals surface area contributed by atoms with E-state index in [0.29, 0.717) is 11.5 Å². The van der Waals surface area contributed by atoms with Gasteiger partial charge in [0.25, 0.3) is 0 Å². The fourth-order valence-corrected chi connectivity index (χ4v) is 2.68. The minimum atomic E-state index is 0.301. The highest BCUT2D eigenvalue weighted by molar-refractivity contribution is 5.80. The van der Waals surface area contributed by atoms with E-state index in [-0.39, 0.29) is 0 Å². The van der Waals surface area contributed by atoms with Gasteiger partial charge in [0.05, 0.1) is 0 Å². The lowest BCUT2D eigenvalue weighted by molar-refractivity contribution is 0.243. The first-order chi connectivity index (χ1) is 9.16. The number of nitrogens with zero attached hydrogens (tertiary/aromatic N) is 1. The summed E-state index contributed by atoms with van der Waals surface area (Å²) in [5.74, 6) is 0.900. The van der Waals surface area contributed by atoms with E-state index in [1.807, 2.05) is 7.05 Å². The lowest BCUT2D eigenvalue weighted by Crippen LogP contribution is -2.50. The first kappa shape index (κ1) is 13.9. The van der Waals surface area contributed by atoms with Gasteiger partial charge in [0, 0.05) is 25.0 Å². The van der Waals surface area contributed by atoms with E-state index in [2.05, 4.69) is 59.8 Å². The molecule has 1 aliphatic rings. The van der Waals surface area contributed by atoms with Gasteiger partial charge in [0.1, 0.15) is 0 Å². The molecule has 2 N–H and O–H groups in total. The lowest BCUT2D eigenvalue weighted by atomic mass is 9.64. The second-order valence-electron chi connectivity index (χ2n) is 5.72. The van der Waals surface area contributed by atoms with Gasteiger partial charge in [-0.15, -0.1) is 0 Å². The molecule has 0 bridgehead atoms. The molecule has 0 aromatic heterocycles. The van der Waals surface area contributed by atoms with Crippen molar-refractivity contribution >= 4 is 5.96 Å². The predicted octanol–water partition coefficient (Wildman–Crippen LogP) is 2.68. The summed E-state index contributed by atoms with van der Waals surface area (Å²) in [5.41, 5.74) is 1.75. The summed E-state index contributed by atoms with van der Waals surface area (Å²) in [7, 11) is 1.83. The Kier molecular flexibility index (Phi) is 4.46. The van der Waals surface area contributed by atoms with Crippen LogP contribution in [0.25, 0.3) is 0 Å². The van der Waals surface area contributed by atoms with Crippen molar-refractivity contribution in [1.29, 1.82) is 0 Å². The molecule has 104 valence electrons. The van der Waals surface area contributed by atoms with Gasteiger partial charge in [0.2, 0.25) is 0 Å². The molecule has 3 heteroatoms. The minimum absolute atomic E-state index is 0.301. The quantitative estimate of drug-likeness (QED) is 0.644. The van der Waals surface area contributed by atoms with Crippen molar-refractivity contribution in [2.45, 2.75) is 44.6 Å². The Balaban J connectivity index is 2.00. The topological polar surface area (TPSA) is 36.4 Å². The van der Waals surface area contributed by atoms with Gasteiger partial charge in [-0.05, 0) is 32.3 Å². The first-order valence-corrected chi connectivity index (χ1v) is 7.19. The zero-order valence-corrected chi connectivity index (χ0v) is 12.2. The van der Waals surface area contributed by atoms with Gasteiger partial charge in [0.15, 0.2) is 5.96 Å². The van der Waals surface area contributed by atoms with Crippen molar-refractivity contribution in [3.05, 3.63) is 35.9 Å². The van der Waals surface area contributed by atoms with Crippen molar-refractivity contribution in [3.63, 3.8) is 0 Å². The van der Waals surface area contributed by atoms with Crippen molar-refractivity contribution in [2.75, 3.05) is 13.6 Å². The fraction of sp³-hybridized carbons (Fsp3) is 0.562. The van der Waals surface area contributed by atoms with Gasteiger partial charge in [-0.25, -0.2) is 0 Å². The van der Waals surface area contributed by atoms with Crippen LogP contribution in [0.3, 0.4) is 0 Å². The average molecular weight is 259 g/mol. The number of aliphatic imine (C=N–C) groups is 1. The molecule has 0 radical (unpaired) electrons. The Bertz CT molecular complexity index is 419. The van der Waals surface area contributed by atoms with Gasteiger partial charge >= 0.3 is 0 Å². The molecule has 0 heterocycles. The largest absolute Gasteiger partial charge is 0.356 e. The van der Waals surface area contributed by atoms with E-state index >= 15 is 0 Å². The molecule has 1 aromatic carbocycles. The minimum Gasteiger partial charge on any atom is -0.356 e. The van der Waals surface area contributed by atoms with Crippen LogP contribution in [0.5, 0.6) is 0 Å². The molecule has 0 aliphatic heterocycles. The number of rotatable bonds is 4. The Morgan fingerprint density at radius 3 is 2.42 bits per heavy atom. The van der Waals surface area contributed by atoms with Crippen LogP contribution in [-0.4, -0.2) is 25.6 Å². The number of hydrogen-bond donors (Lipinski definition) is 2. The highest BCUT2D eigenvalue weighted by Crippen LogP contribution is 2.43. The van der Waals surface area contributed by atoms with E-state index in [0.717, 1.165) is 12.5 Å². The van der Waals surface area contributed by atoms with E-state index in [9.17, 15) is 0 Å².